The minimum atomic E-state index is -0.505. The predicted octanol–water partition coefficient (Wildman–Crippen LogP) is 4.99. The molecule has 2 N–H and O–H groups in total. The van der Waals surface area contributed by atoms with E-state index >= 15 is 0 Å². The smallest absolute Gasteiger partial charge is 0.229 e. The Hall–Kier alpha value is -3.58. The summed E-state index contributed by atoms with van der Waals surface area (Å²) in [7, 11) is 0. The van der Waals surface area contributed by atoms with Gasteiger partial charge in [-0.05, 0) is 48.4 Å². The maximum Gasteiger partial charge on any atom is 0.229 e. The van der Waals surface area contributed by atoms with Crippen LogP contribution < -0.4 is 5.32 Å². The van der Waals surface area contributed by atoms with Gasteiger partial charge < -0.3 is 10.4 Å². The number of halogens is 1. The van der Waals surface area contributed by atoms with Crippen molar-refractivity contribution >= 4 is 17.2 Å². The maximum atomic E-state index is 14.4. The molecule has 32 heavy (non-hydrogen) atoms. The molecule has 7 heteroatoms. The molecule has 0 unspecified atom stereocenters. The number of rotatable bonds is 4. The van der Waals surface area contributed by atoms with Gasteiger partial charge in [0.1, 0.15) is 5.82 Å². The quantitative estimate of drug-likeness (QED) is 0.476. The summed E-state index contributed by atoms with van der Waals surface area (Å²) < 4.78 is 16.0. The van der Waals surface area contributed by atoms with Crippen LogP contribution in [0.2, 0.25) is 0 Å². The van der Waals surface area contributed by atoms with Gasteiger partial charge in [-0.1, -0.05) is 39.0 Å². The van der Waals surface area contributed by atoms with Gasteiger partial charge in [0, 0.05) is 22.2 Å². The van der Waals surface area contributed by atoms with E-state index in [1.54, 1.807) is 35.0 Å². The van der Waals surface area contributed by atoms with Crippen LogP contribution in [0.3, 0.4) is 0 Å². The van der Waals surface area contributed by atoms with Crippen LogP contribution in [0.25, 0.3) is 28.2 Å². The molecule has 4 rings (SSSR count). The van der Waals surface area contributed by atoms with Crippen molar-refractivity contribution in [3.63, 3.8) is 0 Å². The molecule has 164 valence electrons. The van der Waals surface area contributed by atoms with E-state index in [0.29, 0.717) is 28.2 Å². The lowest BCUT2D eigenvalue weighted by molar-refractivity contribution is -0.123. The number of carbonyl (C=O) groups excluding carboxylic acids is 1. The molecule has 0 radical (unpaired) electrons. The molecule has 0 fully saturated rings. The number of aryl methyl sites for hydroxylation is 1. The Morgan fingerprint density at radius 1 is 1.09 bits per heavy atom. The molecule has 0 aliphatic rings. The monoisotopic (exact) mass is 432 g/mol. The number of hydrogen-bond donors (Lipinski definition) is 2. The number of imidazole rings is 1. The van der Waals surface area contributed by atoms with Crippen molar-refractivity contribution in [2.24, 2.45) is 5.41 Å². The van der Waals surface area contributed by atoms with E-state index in [1.807, 2.05) is 45.9 Å². The van der Waals surface area contributed by atoms with Crippen molar-refractivity contribution in [1.82, 2.24) is 14.6 Å². The third kappa shape index (κ3) is 4.24. The number of fused-ring (bicyclic) bond motifs is 1. The highest BCUT2D eigenvalue weighted by molar-refractivity contribution is 5.95. The van der Waals surface area contributed by atoms with Crippen LogP contribution in [0, 0.1) is 18.2 Å². The van der Waals surface area contributed by atoms with Crippen LogP contribution in [0.15, 0.2) is 54.7 Å². The number of carbonyl (C=O) groups is 1. The van der Waals surface area contributed by atoms with Gasteiger partial charge in [0.15, 0.2) is 5.65 Å². The number of benzene rings is 2. The lowest BCUT2D eigenvalue weighted by Gasteiger charge is -2.19. The number of aliphatic hydroxyl groups is 1. The summed E-state index contributed by atoms with van der Waals surface area (Å²) in [4.78, 5) is 17.1. The first-order chi connectivity index (χ1) is 15.2. The van der Waals surface area contributed by atoms with Crippen LogP contribution in [-0.4, -0.2) is 25.6 Å². The molecule has 0 aliphatic heterocycles. The summed E-state index contributed by atoms with van der Waals surface area (Å²) in [5.74, 6) is -0.474. The van der Waals surface area contributed by atoms with E-state index in [9.17, 15) is 14.3 Å². The Labute approximate surface area is 185 Å². The predicted molar refractivity (Wildman–Crippen MR) is 123 cm³/mol. The van der Waals surface area contributed by atoms with Gasteiger partial charge in [-0.25, -0.2) is 13.9 Å². The summed E-state index contributed by atoms with van der Waals surface area (Å²) in [5, 5.41) is 16.9. The van der Waals surface area contributed by atoms with Gasteiger partial charge in [0.25, 0.3) is 0 Å². The van der Waals surface area contributed by atoms with Crippen LogP contribution in [0.1, 0.15) is 31.9 Å². The largest absolute Gasteiger partial charge is 0.392 e. The van der Waals surface area contributed by atoms with Gasteiger partial charge in [-0.3, -0.25) is 4.79 Å². The van der Waals surface area contributed by atoms with Crippen molar-refractivity contribution in [2.75, 3.05) is 5.32 Å². The van der Waals surface area contributed by atoms with E-state index in [4.69, 9.17) is 0 Å². The first-order valence-electron chi connectivity index (χ1n) is 10.3. The Morgan fingerprint density at radius 3 is 2.59 bits per heavy atom. The number of nitrogens with one attached hydrogen (secondary N) is 1. The zero-order valence-corrected chi connectivity index (χ0v) is 18.5. The van der Waals surface area contributed by atoms with E-state index in [2.05, 4.69) is 15.4 Å². The molecule has 0 bridgehead atoms. The average molecular weight is 432 g/mol. The highest BCUT2D eigenvalue weighted by Crippen LogP contribution is 2.28. The minimum Gasteiger partial charge on any atom is -0.392 e. The summed E-state index contributed by atoms with van der Waals surface area (Å²) in [5.41, 5.74) is 4.68. The molecule has 2 aromatic carbocycles. The molecule has 2 aromatic heterocycles. The zero-order valence-electron chi connectivity index (χ0n) is 18.5. The second-order valence-electron chi connectivity index (χ2n) is 8.85. The second kappa shape index (κ2) is 8.16. The van der Waals surface area contributed by atoms with Crippen molar-refractivity contribution < 1.29 is 14.3 Å². The first kappa shape index (κ1) is 21.6. The molecule has 4 aromatic rings. The zero-order chi connectivity index (χ0) is 23.0. The van der Waals surface area contributed by atoms with Gasteiger partial charge in [-0.15, -0.1) is 0 Å². The molecule has 0 saturated heterocycles. The molecule has 1 amide bonds. The molecule has 6 nitrogen and oxygen atoms in total. The van der Waals surface area contributed by atoms with E-state index < -0.39 is 11.2 Å². The molecular weight excluding hydrogens is 407 g/mol. The number of amides is 1. The van der Waals surface area contributed by atoms with Crippen molar-refractivity contribution in [1.29, 1.82) is 0 Å². The fourth-order valence-corrected chi connectivity index (χ4v) is 3.26. The highest BCUT2D eigenvalue weighted by atomic mass is 19.1. The molecule has 0 saturated carbocycles. The molecule has 0 aliphatic carbocycles. The number of anilines is 1. The Morgan fingerprint density at radius 2 is 1.88 bits per heavy atom. The van der Waals surface area contributed by atoms with Crippen molar-refractivity contribution in [3.05, 3.63) is 71.7 Å². The lowest BCUT2D eigenvalue weighted by atomic mass is 9.95. The maximum absolute atomic E-state index is 14.4. The van der Waals surface area contributed by atoms with Gasteiger partial charge >= 0.3 is 0 Å². The van der Waals surface area contributed by atoms with Gasteiger partial charge in [0.05, 0.1) is 24.2 Å². The fourth-order valence-electron chi connectivity index (χ4n) is 3.26. The minimum absolute atomic E-state index is 0.0637. The Bertz CT molecular complexity index is 1320. The number of aromatic nitrogens is 3. The highest BCUT2D eigenvalue weighted by Gasteiger charge is 2.22. The van der Waals surface area contributed by atoms with Crippen molar-refractivity contribution in [3.8, 4) is 22.5 Å². The Balaban J connectivity index is 1.71. The van der Waals surface area contributed by atoms with E-state index in [0.717, 1.165) is 16.8 Å². The molecular formula is C25H25FN4O2. The summed E-state index contributed by atoms with van der Waals surface area (Å²) in [6.45, 7) is 7.37. The second-order valence-corrected chi connectivity index (χ2v) is 8.85. The van der Waals surface area contributed by atoms with Gasteiger partial charge in [0.2, 0.25) is 5.91 Å². The number of aliphatic hydroxyl groups excluding tert-OH is 1. The summed E-state index contributed by atoms with van der Waals surface area (Å²) in [6.07, 6.45) is 1.77. The van der Waals surface area contributed by atoms with Crippen molar-refractivity contribution in [2.45, 2.75) is 34.3 Å². The third-order valence-electron chi connectivity index (χ3n) is 5.27. The molecule has 2 heterocycles. The molecule has 0 atom stereocenters. The third-order valence-corrected chi connectivity index (χ3v) is 5.27. The van der Waals surface area contributed by atoms with Gasteiger partial charge in [-0.2, -0.15) is 5.10 Å². The van der Waals surface area contributed by atoms with Crippen LogP contribution >= 0.6 is 0 Å². The van der Waals surface area contributed by atoms with Crippen LogP contribution in [0.4, 0.5) is 10.1 Å². The van der Waals surface area contributed by atoms with E-state index in [1.165, 1.54) is 6.07 Å². The van der Waals surface area contributed by atoms with E-state index in [-0.39, 0.29) is 12.5 Å². The summed E-state index contributed by atoms with van der Waals surface area (Å²) in [6, 6.07) is 13.7. The number of nitrogens with zero attached hydrogens (tertiary/aromatic N) is 3. The standard InChI is InChI=1S/C25H25FN4O2/c1-15-5-7-17(12-21(15)28-24(32)25(2,3)4)22-13-30-23(27-22)10-9-20(29-30)18-11-16(14-31)6-8-19(18)26/h5-13,31H,14H2,1-4H3,(H,28,32). The topological polar surface area (TPSA) is 79.5 Å². The fraction of sp³-hybridized carbons (Fsp3) is 0.240. The normalized spacial score (nSPS) is 11.7. The Kier molecular flexibility index (Phi) is 5.52. The lowest BCUT2D eigenvalue weighted by Crippen LogP contribution is -2.27. The SMILES string of the molecule is Cc1ccc(-c2cn3nc(-c4cc(CO)ccc4F)ccc3n2)cc1NC(=O)C(C)(C)C. The molecule has 0 spiro atoms. The summed E-state index contributed by atoms with van der Waals surface area (Å²) >= 11 is 0. The number of hydrogen-bond acceptors (Lipinski definition) is 4. The first-order valence-corrected chi connectivity index (χ1v) is 10.3. The average Bonchev–Trinajstić information content (AvgIpc) is 3.18. The van der Waals surface area contributed by atoms with Crippen LogP contribution in [-0.2, 0) is 11.4 Å². The van der Waals surface area contributed by atoms with Crippen LogP contribution in [0.5, 0.6) is 0 Å².